The van der Waals surface area contributed by atoms with Crippen LogP contribution in [-0.2, 0) is 6.18 Å². The molecule has 1 amide bonds. The number of alkyl halides is 3. The van der Waals surface area contributed by atoms with Crippen molar-refractivity contribution in [2.75, 3.05) is 5.32 Å². The Morgan fingerprint density at radius 2 is 1.55 bits per heavy atom. The number of carbonyl (C=O) groups excluding carboxylic acids is 1. The maximum Gasteiger partial charge on any atom is 0.416 e. The molecule has 0 unspecified atom stereocenters. The number of halogens is 4. The highest BCUT2D eigenvalue weighted by molar-refractivity contribution is 6.04. The number of anilines is 1. The average molecular weight is 303 g/mol. The van der Waals surface area contributed by atoms with Crippen molar-refractivity contribution < 1.29 is 18.0 Å². The normalized spacial score (nSPS) is 10.6. The van der Waals surface area contributed by atoms with Gasteiger partial charge >= 0.3 is 6.18 Å². The Morgan fingerprint density at radius 3 is 2.05 bits per heavy atom. The zero-order chi connectivity index (χ0) is 13.9. The molecule has 1 aromatic heterocycles. The Hall–Kier alpha value is -2.08. The number of benzene rings is 1. The molecule has 1 heterocycles. The van der Waals surface area contributed by atoms with E-state index in [-0.39, 0.29) is 12.4 Å². The van der Waals surface area contributed by atoms with Gasteiger partial charge < -0.3 is 5.32 Å². The van der Waals surface area contributed by atoms with Crippen LogP contribution in [0.4, 0.5) is 18.9 Å². The third kappa shape index (κ3) is 3.96. The first-order valence-corrected chi connectivity index (χ1v) is 5.35. The Kier molecular flexibility index (Phi) is 5.10. The predicted octanol–water partition coefficient (Wildman–Crippen LogP) is 3.77. The van der Waals surface area contributed by atoms with Gasteiger partial charge in [-0.15, -0.1) is 12.4 Å². The molecular weight excluding hydrogens is 293 g/mol. The van der Waals surface area contributed by atoms with Gasteiger partial charge in [-0.1, -0.05) is 0 Å². The SMILES string of the molecule is Cl.O=C(Nc1ccc(C(F)(F)F)cc1)c1ccncc1. The summed E-state index contributed by atoms with van der Waals surface area (Å²) in [7, 11) is 0. The first-order valence-electron chi connectivity index (χ1n) is 5.35. The molecule has 0 radical (unpaired) electrons. The van der Waals surface area contributed by atoms with Crippen LogP contribution in [0.1, 0.15) is 15.9 Å². The number of hydrogen-bond acceptors (Lipinski definition) is 2. The van der Waals surface area contributed by atoms with Crippen molar-refractivity contribution in [1.82, 2.24) is 4.98 Å². The van der Waals surface area contributed by atoms with Gasteiger partial charge in [0.25, 0.3) is 5.91 Å². The minimum atomic E-state index is -4.38. The third-order valence-corrected chi connectivity index (χ3v) is 2.41. The van der Waals surface area contributed by atoms with Gasteiger partial charge in [0.15, 0.2) is 0 Å². The molecule has 0 saturated carbocycles. The molecule has 0 spiro atoms. The molecule has 7 heteroatoms. The number of nitrogens with zero attached hydrogens (tertiary/aromatic N) is 1. The number of hydrogen-bond donors (Lipinski definition) is 1. The van der Waals surface area contributed by atoms with E-state index in [1.165, 1.54) is 36.7 Å². The van der Waals surface area contributed by atoms with Crippen LogP contribution in [0.25, 0.3) is 0 Å². The standard InChI is InChI=1S/C13H9F3N2O.ClH/c14-13(15,16)10-1-3-11(4-2-10)18-12(19)9-5-7-17-8-6-9;/h1-8H,(H,18,19);1H. The molecule has 20 heavy (non-hydrogen) atoms. The summed E-state index contributed by atoms with van der Waals surface area (Å²) in [5.74, 6) is -0.401. The minimum absolute atomic E-state index is 0. The van der Waals surface area contributed by atoms with Crippen molar-refractivity contribution in [2.24, 2.45) is 0 Å². The summed E-state index contributed by atoms with van der Waals surface area (Å²) >= 11 is 0. The lowest BCUT2D eigenvalue weighted by Crippen LogP contribution is -2.12. The second kappa shape index (κ2) is 6.38. The van der Waals surface area contributed by atoms with Crippen LogP contribution in [0.5, 0.6) is 0 Å². The van der Waals surface area contributed by atoms with Crippen LogP contribution in [0.15, 0.2) is 48.8 Å². The molecule has 0 bridgehead atoms. The summed E-state index contributed by atoms with van der Waals surface area (Å²) in [6.07, 6.45) is -1.46. The summed E-state index contributed by atoms with van der Waals surface area (Å²) in [6.45, 7) is 0. The van der Waals surface area contributed by atoms with Gasteiger partial charge in [-0.3, -0.25) is 9.78 Å². The van der Waals surface area contributed by atoms with Crippen LogP contribution in [0.2, 0.25) is 0 Å². The quantitative estimate of drug-likeness (QED) is 0.917. The molecule has 3 nitrogen and oxygen atoms in total. The molecule has 0 fully saturated rings. The second-order valence-corrected chi connectivity index (χ2v) is 3.77. The molecule has 0 saturated heterocycles. The van der Waals surface area contributed by atoms with E-state index in [1.807, 2.05) is 0 Å². The molecule has 0 aliphatic rings. The summed E-state index contributed by atoms with van der Waals surface area (Å²) in [5, 5.41) is 2.50. The first kappa shape index (κ1) is 16.0. The fourth-order valence-corrected chi connectivity index (χ4v) is 1.45. The zero-order valence-electron chi connectivity index (χ0n) is 10.0. The van der Waals surface area contributed by atoms with E-state index in [0.717, 1.165) is 12.1 Å². The Morgan fingerprint density at radius 1 is 1.00 bits per heavy atom. The van der Waals surface area contributed by atoms with E-state index in [4.69, 9.17) is 0 Å². The molecule has 1 aromatic carbocycles. The van der Waals surface area contributed by atoms with Gasteiger partial charge in [0, 0.05) is 23.6 Å². The lowest BCUT2D eigenvalue weighted by atomic mass is 10.2. The fourth-order valence-electron chi connectivity index (χ4n) is 1.45. The average Bonchev–Trinajstić information content (AvgIpc) is 2.39. The molecule has 106 valence electrons. The van der Waals surface area contributed by atoms with Gasteiger partial charge in [0.1, 0.15) is 0 Å². The minimum Gasteiger partial charge on any atom is -0.322 e. The maximum absolute atomic E-state index is 12.4. The predicted molar refractivity (Wildman–Crippen MR) is 70.9 cm³/mol. The topological polar surface area (TPSA) is 42.0 Å². The number of aromatic nitrogens is 1. The van der Waals surface area contributed by atoms with Crippen LogP contribution >= 0.6 is 12.4 Å². The smallest absolute Gasteiger partial charge is 0.322 e. The van der Waals surface area contributed by atoms with Crippen molar-refractivity contribution in [1.29, 1.82) is 0 Å². The Labute approximate surface area is 119 Å². The van der Waals surface area contributed by atoms with E-state index >= 15 is 0 Å². The summed E-state index contributed by atoms with van der Waals surface area (Å²) in [6, 6.07) is 7.28. The van der Waals surface area contributed by atoms with E-state index < -0.39 is 17.6 Å². The lowest BCUT2D eigenvalue weighted by Gasteiger charge is -2.08. The number of nitrogens with one attached hydrogen (secondary N) is 1. The molecular formula is C13H10ClF3N2O. The number of carbonyl (C=O) groups is 1. The molecule has 2 aromatic rings. The van der Waals surface area contributed by atoms with Gasteiger partial charge in [0.05, 0.1) is 5.56 Å². The zero-order valence-corrected chi connectivity index (χ0v) is 10.8. The van der Waals surface area contributed by atoms with Crippen LogP contribution in [0, 0.1) is 0 Å². The van der Waals surface area contributed by atoms with Crippen molar-refractivity contribution in [2.45, 2.75) is 6.18 Å². The number of pyridine rings is 1. The highest BCUT2D eigenvalue weighted by Crippen LogP contribution is 2.29. The Bertz CT molecular complexity index is 570. The summed E-state index contributed by atoms with van der Waals surface area (Å²) in [5.41, 5.74) is -0.0703. The van der Waals surface area contributed by atoms with Gasteiger partial charge in [0.2, 0.25) is 0 Å². The third-order valence-electron chi connectivity index (χ3n) is 2.41. The molecule has 1 N–H and O–H groups in total. The highest BCUT2D eigenvalue weighted by atomic mass is 35.5. The van der Waals surface area contributed by atoms with Crippen LogP contribution in [-0.4, -0.2) is 10.9 Å². The molecule has 0 aliphatic carbocycles. The second-order valence-electron chi connectivity index (χ2n) is 3.77. The van der Waals surface area contributed by atoms with Crippen molar-refractivity contribution in [3.8, 4) is 0 Å². The maximum atomic E-state index is 12.4. The molecule has 0 atom stereocenters. The van der Waals surface area contributed by atoms with E-state index in [1.54, 1.807) is 0 Å². The largest absolute Gasteiger partial charge is 0.416 e. The van der Waals surface area contributed by atoms with Crippen LogP contribution < -0.4 is 5.32 Å². The fraction of sp³-hybridized carbons (Fsp3) is 0.0769. The van der Waals surface area contributed by atoms with Gasteiger partial charge in [-0.05, 0) is 36.4 Å². The molecule has 2 rings (SSSR count). The van der Waals surface area contributed by atoms with Crippen molar-refractivity contribution in [3.05, 3.63) is 59.9 Å². The summed E-state index contributed by atoms with van der Waals surface area (Å²) < 4.78 is 37.1. The highest BCUT2D eigenvalue weighted by Gasteiger charge is 2.29. The monoisotopic (exact) mass is 302 g/mol. The van der Waals surface area contributed by atoms with E-state index in [9.17, 15) is 18.0 Å². The van der Waals surface area contributed by atoms with E-state index in [2.05, 4.69) is 10.3 Å². The van der Waals surface area contributed by atoms with Crippen LogP contribution in [0.3, 0.4) is 0 Å². The number of amides is 1. The van der Waals surface area contributed by atoms with Crippen molar-refractivity contribution in [3.63, 3.8) is 0 Å². The molecule has 0 aliphatic heterocycles. The van der Waals surface area contributed by atoms with Crippen molar-refractivity contribution >= 4 is 24.0 Å². The van der Waals surface area contributed by atoms with Gasteiger partial charge in [-0.25, -0.2) is 0 Å². The Balaban J connectivity index is 0.00000200. The number of rotatable bonds is 2. The van der Waals surface area contributed by atoms with Gasteiger partial charge in [-0.2, -0.15) is 13.2 Å². The lowest BCUT2D eigenvalue weighted by molar-refractivity contribution is -0.137. The first-order chi connectivity index (χ1) is 8.97. The van der Waals surface area contributed by atoms with E-state index in [0.29, 0.717) is 11.3 Å². The summed E-state index contributed by atoms with van der Waals surface area (Å²) in [4.78, 5) is 15.5.